The van der Waals surface area contributed by atoms with Gasteiger partial charge in [-0.3, -0.25) is 0 Å². The van der Waals surface area contributed by atoms with Gasteiger partial charge in [0.15, 0.2) is 0 Å². The lowest BCUT2D eigenvalue weighted by atomic mass is 9.88. The Bertz CT molecular complexity index is 211. The molecule has 1 aliphatic heterocycles. The van der Waals surface area contributed by atoms with Crippen molar-refractivity contribution >= 4 is 0 Å². The normalized spacial score (nSPS) is 18.6. The van der Waals surface area contributed by atoms with Gasteiger partial charge in [-0.25, -0.2) is 0 Å². The molecule has 0 saturated heterocycles. The SMILES string of the molecule is CC(C)C1=C(C(C)(C)C)NCCO1. The monoisotopic (exact) mass is 183 g/mol. The maximum Gasteiger partial charge on any atom is 0.118 e. The summed E-state index contributed by atoms with van der Waals surface area (Å²) in [5.41, 5.74) is 1.44. The van der Waals surface area contributed by atoms with Gasteiger partial charge >= 0.3 is 0 Å². The van der Waals surface area contributed by atoms with E-state index in [1.165, 1.54) is 5.70 Å². The third kappa shape index (κ3) is 2.39. The van der Waals surface area contributed by atoms with Gasteiger partial charge in [-0.1, -0.05) is 34.6 Å². The van der Waals surface area contributed by atoms with Gasteiger partial charge in [-0.05, 0) is 0 Å². The standard InChI is InChI=1S/C11H21NO/c1-8(2)9-10(11(3,4)5)12-6-7-13-9/h8,12H,6-7H2,1-5H3. The molecule has 0 spiro atoms. The van der Waals surface area contributed by atoms with Crippen molar-refractivity contribution in [1.82, 2.24) is 5.32 Å². The quantitative estimate of drug-likeness (QED) is 0.674. The molecule has 0 radical (unpaired) electrons. The van der Waals surface area contributed by atoms with Crippen LogP contribution in [0, 0.1) is 11.3 Å². The number of hydrogen-bond donors (Lipinski definition) is 1. The van der Waals surface area contributed by atoms with E-state index >= 15 is 0 Å². The molecule has 0 unspecified atom stereocenters. The summed E-state index contributed by atoms with van der Waals surface area (Å²) in [6, 6.07) is 0. The number of ether oxygens (including phenoxy) is 1. The fraction of sp³-hybridized carbons (Fsp3) is 0.818. The van der Waals surface area contributed by atoms with Crippen LogP contribution in [-0.2, 0) is 4.74 Å². The second-order valence-electron chi connectivity index (χ2n) is 4.92. The van der Waals surface area contributed by atoms with Gasteiger partial charge in [0.1, 0.15) is 12.4 Å². The molecule has 0 saturated carbocycles. The number of rotatable bonds is 1. The molecule has 0 fully saturated rings. The van der Waals surface area contributed by atoms with E-state index in [0.717, 1.165) is 18.9 Å². The number of hydrogen-bond acceptors (Lipinski definition) is 2. The summed E-state index contributed by atoms with van der Waals surface area (Å²) in [5, 5.41) is 3.45. The van der Waals surface area contributed by atoms with Crippen molar-refractivity contribution in [2.45, 2.75) is 34.6 Å². The van der Waals surface area contributed by atoms with Crippen molar-refractivity contribution in [3.63, 3.8) is 0 Å². The highest BCUT2D eigenvalue weighted by Gasteiger charge is 2.26. The summed E-state index contributed by atoms with van der Waals surface area (Å²) < 4.78 is 5.70. The Labute approximate surface area is 81.4 Å². The van der Waals surface area contributed by atoms with Crippen LogP contribution in [0.15, 0.2) is 11.5 Å². The van der Waals surface area contributed by atoms with E-state index in [9.17, 15) is 0 Å². The Hall–Kier alpha value is -0.660. The molecule has 2 nitrogen and oxygen atoms in total. The van der Waals surface area contributed by atoms with Gasteiger partial charge in [0.2, 0.25) is 0 Å². The fourth-order valence-electron chi connectivity index (χ4n) is 1.59. The molecule has 0 aromatic heterocycles. The van der Waals surface area contributed by atoms with E-state index in [2.05, 4.69) is 39.9 Å². The first kappa shape index (κ1) is 10.4. The zero-order chi connectivity index (χ0) is 10.1. The lowest BCUT2D eigenvalue weighted by Crippen LogP contribution is -2.35. The Kier molecular flexibility index (Phi) is 2.89. The van der Waals surface area contributed by atoms with Crippen molar-refractivity contribution < 1.29 is 4.74 Å². The molecule has 0 amide bonds. The molecule has 1 N–H and O–H groups in total. The Morgan fingerprint density at radius 2 is 1.92 bits per heavy atom. The topological polar surface area (TPSA) is 21.3 Å². The first-order valence-corrected chi connectivity index (χ1v) is 5.04. The largest absolute Gasteiger partial charge is 0.494 e. The summed E-state index contributed by atoms with van der Waals surface area (Å²) in [6.07, 6.45) is 0. The van der Waals surface area contributed by atoms with Crippen molar-refractivity contribution in [2.24, 2.45) is 11.3 Å². The summed E-state index contributed by atoms with van der Waals surface area (Å²) in [6.45, 7) is 12.7. The van der Waals surface area contributed by atoms with E-state index in [1.54, 1.807) is 0 Å². The molecule has 0 bridgehead atoms. The first-order chi connectivity index (χ1) is 5.93. The van der Waals surface area contributed by atoms with Crippen LogP contribution in [-0.4, -0.2) is 13.2 Å². The van der Waals surface area contributed by atoms with E-state index < -0.39 is 0 Å². The summed E-state index contributed by atoms with van der Waals surface area (Å²) in [4.78, 5) is 0. The molecule has 0 aromatic rings. The molecule has 2 heteroatoms. The highest BCUT2D eigenvalue weighted by Crippen LogP contribution is 2.30. The molecule has 0 atom stereocenters. The third-order valence-electron chi connectivity index (χ3n) is 2.18. The highest BCUT2D eigenvalue weighted by atomic mass is 16.5. The average molecular weight is 183 g/mol. The van der Waals surface area contributed by atoms with Gasteiger partial charge in [-0.15, -0.1) is 0 Å². The Balaban J connectivity index is 2.97. The average Bonchev–Trinajstić information content (AvgIpc) is 2.03. The van der Waals surface area contributed by atoms with Gasteiger partial charge in [0, 0.05) is 17.9 Å². The zero-order valence-corrected chi connectivity index (χ0v) is 9.40. The van der Waals surface area contributed by atoms with Crippen LogP contribution in [0.4, 0.5) is 0 Å². The third-order valence-corrected chi connectivity index (χ3v) is 2.18. The Morgan fingerprint density at radius 3 is 2.31 bits per heavy atom. The van der Waals surface area contributed by atoms with Gasteiger partial charge in [0.25, 0.3) is 0 Å². The second kappa shape index (κ2) is 3.60. The minimum Gasteiger partial charge on any atom is -0.494 e. The van der Waals surface area contributed by atoms with E-state index in [0.29, 0.717) is 5.92 Å². The second-order valence-corrected chi connectivity index (χ2v) is 4.92. The lowest BCUT2D eigenvalue weighted by molar-refractivity contribution is 0.150. The molecule has 1 heterocycles. The molecule has 1 rings (SSSR count). The van der Waals surface area contributed by atoms with Gasteiger partial charge in [-0.2, -0.15) is 0 Å². The van der Waals surface area contributed by atoms with Crippen molar-refractivity contribution in [3.05, 3.63) is 11.5 Å². The van der Waals surface area contributed by atoms with Crippen molar-refractivity contribution in [3.8, 4) is 0 Å². The summed E-state index contributed by atoms with van der Waals surface area (Å²) in [7, 11) is 0. The molecule has 13 heavy (non-hydrogen) atoms. The van der Waals surface area contributed by atoms with Crippen LogP contribution in [0.3, 0.4) is 0 Å². The van der Waals surface area contributed by atoms with Crippen molar-refractivity contribution in [1.29, 1.82) is 0 Å². The van der Waals surface area contributed by atoms with Gasteiger partial charge < -0.3 is 10.1 Å². The predicted octanol–water partition coefficient (Wildman–Crippen LogP) is 2.52. The van der Waals surface area contributed by atoms with Crippen LogP contribution in [0.5, 0.6) is 0 Å². The molecular formula is C11H21NO. The fourth-order valence-corrected chi connectivity index (χ4v) is 1.59. The van der Waals surface area contributed by atoms with Crippen LogP contribution in [0.1, 0.15) is 34.6 Å². The molecule has 0 aromatic carbocycles. The number of nitrogens with one attached hydrogen (secondary N) is 1. The predicted molar refractivity (Wildman–Crippen MR) is 55.3 cm³/mol. The Morgan fingerprint density at radius 1 is 1.31 bits per heavy atom. The zero-order valence-electron chi connectivity index (χ0n) is 9.40. The van der Waals surface area contributed by atoms with Crippen LogP contribution >= 0.6 is 0 Å². The van der Waals surface area contributed by atoms with E-state index in [4.69, 9.17) is 4.74 Å². The maximum absolute atomic E-state index is 5.70. The molecular weight excluding hydrogens is 162 g/mol. The van der Waals surface area contributed by atoms with Crippen LogP contribution < -0.4 is 5.32 Å². The lowest BCUT2D eigenvalue weighted by Gasteiger charge is -2.32. The molecule has 0 aliphatic carbocycles. The first-order valence-electron chi connectivity index (χ1n) is 5.04. The van der Waals surface area contributed by atoms with E-state index in [-0.39, 0.29) is 5.41 Å². The van der Waals surface area contributed by atoms with Crippen molar-refractivity contribution in [2.75, 3.05) is 13.2 Å². The molecule has 76 valence electrons. The summed E-state index contributed by atoms with van der Waals surface area (Å²) >= 11 is 0. The van der Waals surface area contributed by atoms with Crippen LogP contribution in [0.2, 0.25) is 0 Å². The minimum atomic E-state index is 0.167. The smallest absolute Gasteiger partial charge is 0.118 e. The van der Waals surface area contributed by atoms with Gasteiger partial charge in [0.05, 0.1) is 5.70 Å². The van der Waals surface area contributed by atoms with Crippen LogP contribution in [0.25, 0.3) is 0 Å². The highest BCUT2D eigenvalue weighted by molar-refractivity contribution is 5.17. The molecule has 1 aliphatic rings. The maximum atomic E-state index is 5.70. The number of allylic oxidation sites excluding steroid dienone is 2. The minimum absolute atomic E-state index is 0.167. The summed E-state index contributed by atoms with van der Waals surface area (Å²) in [5.74, 6) is 1.61. The van der Waals surface area contributed by atoms with E-state index in [1.807, 2.05) is 0 Å².